The van der Waals surface area contributed by atoms with E-state index in [9.17, 15) is 13.4 Å². The van der Waals surface area contributed by atoms with Crippen LogP contribution in [0.15, 0.2) is 24.3 Å². The topological polar surface area (TPSA) is 43.4 Å². The quantitative estimate of drug-likeness (QED) is 0.785. The highest BCUT2D eigenvalue weighted by Gasteiger charge is 2.31. The largest absolute Gasteiger partial charge is 0.377 e. The molecule has 1 aromatic carbocycles. The molecule has 0 radical (unpaired) electrons. The van der Waals surface area contributed by atoms with E-state index >= 15 is 0 Å². The fourth-order valence-electron chi connectivity index (χ4n) is 2.06. The van der Waals surface area contributed by atoms with Gasteiger partial charge < -0.3 is 4.74 Å². The van der Waals surface area contributed by atoms with Crippen LogP contribution < -0.4 is 0 Å². The van der Waals surface area contributed by atoms with Crippen LogP contribution in [-0.2, 0) is 15.5 Å². The van der Waals surface area contributed by atoms with Gasteiger partial charge in [0.05, 0.1) is 22.7 Å². The first-order valence-electron chi connectivity index (χ1n) is 5.86. The van der Waals surface area contributed by atoms with Crippen LogP contribution >= 0.6 is 0 Å². The van der Waals surface area contributed by atoms with Crippen LogP contribution in [0.25, 0.3) is 0 Å². The SMILES string of the molecule is CC1OCCC1S(=O)CC(=O)c1ccccc1F. The Morgan fingerprint density at radius 2 is 2.22 bits per heavy atom. The molecule has 3 atom stereocenters. The molecule has 1 aromatic rings. The van der Waals surface area contributed by atoms with E-state index < -0.39 is 22.4 Å². The number of hydrogen-bond acceptors (Lipinski definition) is 3. The number of hydrogen-bond donors (Lipinski definition) is 0. The van der Waals surface area contributed by atoms with Crippen molar-refractivity contribution in [3.8, 4) is 0 Å². The summed E-state index contributed by atoms with van der Waals surface area (Å²) in [5.41, 5.74) is 0.0115. The van der Waals surface area contributed by atoms with E-state index in [0.717, 1.165) is 0 Å². The molecule has 0 bridgehead atoms. The van der Waals surface area contributed by atoms with Crippen LogP contribution in [0.4, 0.5) is 4.39 Å². The molecule has 5 heteroatoms. The second-order valence-corrected chi connectivity index (χ2v) is 5.99. The summed E-state index contributed by atoms with van der Waals surface area (Å²) >= 11 is 0. The Morgan fingerprint density at radius 3 is 2.83 bits per heavy atom. The number of ketones is 1. The molecule has 18 heavy (non-hydrogen) atoms. The van der Waals surface area contributed by atoms with E-state index in [0.29, 0.717) is 13.0 Å². The van der Waals surface area contributed by atoms with Crippen LogP contribution in [0.5, 0.6) is 0 Å². The second-order valence-electron chi connectivity index (χ2n) is 4.33. The second kappa shape index (κ2) is 5.71. The molecular formula is C13H15FO3S. The molecule has 0 amide bonds. The van der Waals surface area contributed by atoms with E-state index in [-0.39, 0.29) is 22.7 Å². The first-order valence-corrected chi connectivity index (χ1v) is 7.24. The number of Topliss-reactive ketones (excluding diaryl/α,β-unsaturated/α-hetero) is 1. The highest BCUT2D eigenvalue weighted by atomic mass is 32.2. The molecular weight excluding hydrogens is 255 g/mol. The van der Waals surface area contributed by atoms with Crippen molar-refractivity contribution in [2.75, 3.05) is 12.4 Å². The van der Waals surface area contributed by atoms with Gasteiger partial charge in [0.2, 0.25) is 0 Å². The van der Waals surface area contributed by atoms with Crippen molar-refractivity contribution in [2.45, 2.75) is 24.7 Å². The maximum atomic E-state index is 13.4. The van der Waals surface area contributed by atoms with Crippen LogP contribution in [0.2, 0.25) is 0 Å². The van der Waals surface area contributed by atoms with Crippen LogP contribution in [-0.4, -0.2) is 33.7 Å². The number of rotatable bonds is 4. The zero-order valence-electron chi connectivity index (χ0n) is 10.1. The fourth-order valence-corrected chi connectivity index (χ4v) is 3.55. The minimum absolute atomic E-state index is 0.0115. The first kappa shape index (κ1) is 13.4. The molecule has 0 aliphatic carbocycles. The number of carbonyl (C=O) groups excluding carboxylic acids is 1. The van der Waals surface area contributed by atoms with Crippen molar-refractivity contribution in [1.82, 2.24) is 0 Å². The van der Waals surface area contributed by atoms with E-state index in [4.69, 9.17) is 4.74 Å². The maximum Gasteiger partial charge on any atom is 0.178 e. The van der Waals surface area contributed by atoms with Crippen molar-refractivity contribution in [1.29, 1.82) is 0 Å². The van der Waals surface area contributed by atoms with Gasteiger partial charge >= 0.3 is 0 Å². The average Bonchev–Trinajstić information content (AvgIpc) is 2.76. The zero-order chi connectivity index (χ0) is 13.1. The normalized spacial score (nSPS) is 25.0. The summed E-state index contributed by atoms with van der Waals surface area (Å²) in [6.45, 7) is 2.43. The lowest BCUT2D eigenvalue weighted by atomic mass is 10.1. The summed E-state index contributed by atoms with van der Waals surface area (Å²) < 4.78 is 30.8. The molecule has 3 unspecified atom stereocenters. The summed E-state index contributed by atoms with van der Waals surface area (Å²) in [6.07, 6.45) is 0.595. The van der Waals surface area contributed by atoms with Gasteiger partial charge in [-0.15, -0.1) is 0 Å². The highest BCUT2D eigenvalue weighted by Crippen LogP contribution is 2.19. The van der Waals surface area contributed by atoms with Gasteiger partial charge in [0.1, 0.15) is 5.82 Å². The molecule has 1 aliphatic heterocycles. The Bertz CT molecular complexity index is 475. The molecule has 98 valence electrons. The number of halogens is 1. The van der Waals surface area contributed by atoms with Crippen LogP contribution in [0.3, 0.4) is 0 Å². The Hall–Kier alpha value is -1.07. The average molecular weight is 270 g/mol. The number of benzene rings is 1. The van der Waals surface area contributed by atoms with E-state index in [1.165, 1.54) is 18.2 Å². The van der Waals surface area contributed by atoms with Crippen molar-refractivity contribution in [3.05, 3.63) is 35.6 Å². The molecule has 3 nitrogen and oxygen atoms in total. The van der Waals surface area contributed by atoms with Crippen molar-refractivity contribution >= 4 is 16.6 Å². The van der Waals surface area contributed by atoms with Gasteiger partial charge in [0, 0.05) is 17.4 Å². The van der Waals surface area contributed by atoms with E-state index in [1.807, 2.05) is 6.92 Å². The summed E-state index contributed by atoms with van der Waals surface area (Å²) in [6, 6.07) is 5.78. The minimum atomic E-state index is -1.31. The lowest BCUT2D eigenvalue weighted by molar-refractivity contribution is 0.101. The molecule has 0 saturated carbocycles. The van der Waals surface area contributed by atoms with Crippen molar-refractivity contribution in [3.63, 3.8) is 0 Å². The van der Waals surface area contributed by atoms with Crippen LogP contribution in [0, 0.1) is 5.82 Å². The molecule has 1 saturated heterocycles. The number of carbonyl (C=O) groups is 1. The molecule has 0 spiro atoms. The smallest absolute Gasteiger partial charge is 0.178 e. The molecule has 1 fully saturated rings. The Labute approximate surface area is 108 Å². The summed E-state index contributed by atoms with van der Waals surface area (Å²) in [4.78, 5) is 11.9. The van der Waals surface area contributed by atoms with E-state index in [2.05, 4.69) is 0 Å². The molecule has 2 rings (SSSR count). The third kappa shape index (κ3) is 2.84. The third-order valence-electron chi connectivity index (χ3n) is 3.09. The van der Waals surface area contributed by atoms with Gasteiger partial charge in [-0.25, -0.2) is 4.39 Å². The van der Waals surface area contributed by atoms with Crippen molar-refractivity contribution in [2.24, 2.45) is 0 Å². The summed E-state index contributed by atoms with van der Waals surface area (Å²) in [7, 11) is -1.31. The van der Waals surface area contributed by atoms with Gasteiger partial charge in [0.25, 0.3) is 0 Å². The third-order valence-corrected chi connectivity index (χ3v) is 4.93. The van der Waals surface area contributed by atoms with Gasteiger partial charge in [-0.2, -0.15) is 0 Å². The van der Waals surface area contributed by atoms with Gasteiger partial charge in [-0.3, -0.25) is 9.00 Å². The molecule has 1 aliphatic rings. The molecule has 0 N–H and O–H groups in total. The summed E-state index contributed by atoms with van der Waals surface area (Å²) in [5.74, 6) is -1.11. The minimum Gasteiger partial charge on any atom is -0.377 e. The lowest BCUT2D eigenvalue weighted by Gasteiger charge is -2.13. The maximum absolute atomic E-state index is 13.4. The molecule has 0 aromatic heterocycles. The summed E-state index contributed by atoms with van der Waals surface area (Å²) in [5, 5.41) is -0.124. The van der Waals surface area contributed by atoms with Crippen molar-refractivity contribution < 1.29 is 18.1 Å². The number of ether oxygens (including phenoxy) is 1. The Morgan fingerprint density at radius 1 is 1.50 bits per heavy atom. The predicted octanol–water partition coefficient (Wildman–Crippen LogP) is 1.93. The Balaban J connectivity index is 2.04. The monoisotopic (exact) mass is 270 g/mol. The zero-order valence-corrected chi connectivity index (χ0v) is 10.9. The van der Waals surface area contributed by atoms with Gasteiger partial charge in [-0.05, 0) is 25.5 Å². The van der Waals surface area contributed by atoms with E-state index in [1.54, 1.807) is 6.07 Å². The fraction of sp³-hybridized carbons (Fsp3) is 0.462. The molecule has 1 heterocycles. The Kier molecular flexibility index (Phi) is 4.24. The lowest BCUT2D eigenvalue weighted by Crippen LogP contribution is -2.28. The van der Waals surface area contributed by atoms with Gasteiger partial charge in [0.15, 0.2) is 5.78 Å². The van der Waals surface area contributed by atoms with Crippen LogP contribution in [0.1, 0.15) is 23.7 Å². The van der Waals surface area contributed by atoms with Gasteiger partial charge in [-0.1, -0.05) is 12.1 Å². The predicted molar refractivity (Wildman–Crippen MR) is 67.6 cm³/mol. The first-order chi connectivity index (χ1) is 8.59. The standard InChI is InChI=1S/C13H15FO3S/c1-9-13(6-7-17-9)18(16)8-12(15)10-4-2-3-5-11(10)14/h2-5,9,13H,6-8H2,1H3. The highest BCUT2D eigenvalue weighted by molar-refractivity contribution is 7.86.